The van der Waals surface area contributed by atoms with E-state index >= 15 is 0 Å². The quantitative estimate of drug-likeness (QED) is 0.0396. The fourth-order valence-corrected chi connectivity index (χ4v) is 5.17. The number of phosphoric ester groups is 1. The molecular formula is C32H62NO9P. The molecule has 0 aliphatic rings. The molecule has 254 valence electrons. The van der Waals surface area contributed by atoms with Crippen molar-refractivity contribution in [2.24, 2.45) is 0 Å². The van der Waals surface area contributed by atoms with Gasteiger partial charge in [0, 0.05) is 26.3 Å². The second kappa shape index (κ2) is 29.2. The number of hydrogen-bond donors (Lipinski definition) is 3. The summed E-state index contributed by atoms with van der Waals surface area (Å²) in [6.07, 6.45) is 23.0. The van der Waals surface area contributed by atoms with Crippen molar-refractivity contribution in [3.63, 3.8) is 0 Å². The molecule has 0 aliphatic heterocycles. The summed E-state index contributed by atoms with van der Waals surface area (Å²) in [4.78, 5) is 53.3. The van der Waals surface area contributed by atoms with Crippen molar-refractivity contribution in [2.45, 2.75) is 168 Å². The Labute approximate surface area is 261 Å². The van der Waals surface area contributed by atoms with Crippen LogP contribution in [0.1, 0.15) is 162 Å². The Hall–Kier alpha value is -1.48. The number of ether oxygens (including phenoxy) is 2. The smallest absolute Gasteiger partial charge is 0.462 e. The summed E-state index contributed by atoms with van der Waals surface area (Å²) in [5, 5.41) is 2.79. The lowest BCUT2D eigenvalue weighted by Crippen LogP contribution is -2.29. The molecule has 0 aromatic rings. The van der Waals surface area contributed by atoms with E-state index in [1.807, 2.05) is 0 Å². The molecule has 0 unspecified atom stereocenters. The Balaban J connectivity index is 3.97. The van der Waals surface area contributed by atoms with Crippen molar-refractivity contribution in [3.8, 4) is 0 Å². The number of rotatable bonds is 31. The summed E-state index contributed by atoms with van der Waals surface area (Å²) in [5.74, 6) is -0.926. The molecule has 0 radical (unpaired) electrons. The molecule has 0 fully saturated rings. The van der Waals surface area contributed by atoms with Crippen LogP contribution in [0.25, 0.3) is 0 Å². The van der Waals surface area contributed by atoms with Gasteiger partial charge in [-0.05, 0) is 19.3 Å². The van der Waals surface area contributed by atoms with Crippen LogP contribution in [-0.4, -0.2) is 53.5 Å². The average Bonchev–Trinajstić information content (AvgIpc) is 2.95. The Kier molecular flexibility index (Phi) is 28.2. The Morgan fingerprint density at radius 3 is 1.49 bits per heavy atom. The molecule has 10 nitrogen and oxygen atoms in total. The minimum atomic E-state index is -4.75. The average molecular weight is 636 g/mol. The highest BCUT2D eigenvalue weighted by atomic mass is 31.2. The van der Waals surface area contributed by atoms with Gasteiger partial charge in [0.2, 0.25) is 5.91 Å². The van der Waals surface area contributed by atoms with Gasteiger partial charge in [0.15, 0.2) is 6.10 Å². The van der Waals surface area contributed by atoms with Crippen LogP contribution in [0.3, 0.4) is 0 Å². The van der Waals surface area contributed by atoms with E-state index < -0.39 is 32.5 Å². The molecule has 1 atom stereocenters. The number of nitrogens with one attached hydrogen (secondary N) is 1. The third-order valence-electron chi connectivity index (χ3n) is 7.32. The SMILES string of the molecule is CCCCCCCCCCCCCCCC(=O)O[C@H](COC(=O)CCCCCCCCCCNC(C)=O)COP(=O)(O)O. The Morgan fingerprint density at radius 1 is 0.628 bits per heavy atom. The Bertz CT molecular complexity index is 744. The first-order valence-corrected chi connectivity index (χ1v) is 18.5. The minimum absolute atomic E-state index is 0.00440. The first-order valence-electron chi connectivity index (χ1n) is 16.9. The van der Waals surface area contributed by atoms with Crippen molar-refractivity contribution in [3.05, 3.63) is 0 Å². The summed E-state index contributed by atoms with van der Waals surface area (Å²) in [6.45, 7) is 3.63. The molecule has 0 aliphatic carbocycles. The van der Waals surface area contributed by atoms with Gasteiger partial charge in [0.05, 0.1) is 6.61 Å². The van der Waals surface area contributed by atoms with Crippen molar-refractivity contribution < 1.29 is 42.7 Å². The van der Waals surface area contributed by atoms with Crippen LogP contribution < -0.4 is 5.32 Å². The molecule has 0 spiro atoms. The number of phosphoric acid groups is 1. The van der Waals surface area contributed by atoms with Crippen molar-refractivity contribution in [1.82, 2.24) is 5.32 Å². The first kappa shape index (κ1) is 41.5. The van der Waals surface area contributed by atoms with Crippen LogP contribution in [0.4, 0.5) is 0 Å². The molecule has 0 heterocycles. The van der Waals surface area contributed by atoms with E-state index in [-0.39, 0.29) is 25.4 Å². The number of hydrogen-bond acceptors (Lipinski definition) is 7. The molecule has 0 rings (SSSR count). The lowest BCUT2D eigenvalue weighted by Gasteiger charge is -2.18. The summed E-state index contributed by atoms with van der Waals surface area (Å²) in [5.41, 5.74) is 0. The maximum atomic E-state index is 12.3. The van der Waals surface area contributed by atoms with Gasteiger partial charge in [-0.3, -0.25) is 18.9 Å². The molecule has 3 N–H and O–H groups in total. The largest absolute Gasteiger partial charge is 0.469 e. The topological polar surface area (TPSA) is 148 Å². The molecule has 11 heteroatoms. The summed E-state index contributed by atoms with van der Waals surface area (Å²) < 4.78 is 26.1. The summed E-state index contributed by atoms with van der Waals surface area (Å²) >= 11 is 0. The predicted molar refractivity (Wildman–Crippen MR) is 169 cm³/mol. The molecule has 1 amide bonds. The lowest BCUT2D eigenvalue weighted by molar-refractivity contribution is -0.161. The van der Waals surface area contributed by atoms with E-state index in [2.05, 4.69) is 16.8 Å². The van der Waals surface area contributed by atoms with Crippen LogP contribution in [0.5, 0.6) is 0 Å². The normalized spacial score (nSPS) is 12.2. The maximum Gasteiger partial charge on any atom is 0.469 e. The van der Waals surface area contributed by atoms with Gasteiger partial charge in [-0.15, -0.1) is 0 Å². The van der Waals surface area contributed by atoms with Gasteiger partial charge in [0.1, 0.15) is 6.61 Å². The number of unbranched alkanes of at least 4 members (excludes halogenated alkanes) is 19. The highest BCUT2D eigenvalue weighted by Gasteiger charge is 2.22. The predicted octanol–water partition coefficient (Wildman–Crippen LogP) is 7.68. The van der Waals surface area contributed by atoms with E-state index in [1.54, 1.807) is 0 Å². The standard InChI is InChI=1S/C32H62NO9P/c1-3-4-5-6-7-8-9-10-11-12-16-19-22-25-32(36)42-30(28-41-43(37,38)39)27-40-31(35)24-21-18-15-13-14-17-20-23-26-33-29(2)34/h30H,3-28H2,1-2H3,(H,33,34)(H2,37,38,39)/t30-/m1/s1. The lowest BCUT2D eigenvalue weighted by atomic mass is 10.0. The maximum absolute atomic E-state index is 12.3. The fourth-order valence-electron chi connectivity index (χ4n) is 4.81. The van der Waals surface area contributed by atoms with Crippen LogP contribution in [-0.2, 0) is 32.9 Å². The molecule has 0 aromatic carbocycles. The molecule has 0 aromatic heterocycles. The summed E-state index contributed by atoms with van der Waals surface area (Å²) in [7, 11) is -4.75. The highest BCUT2D eigenvalue weighted by molar-refractivity contribution is 7.46. The zero-order valence-electron chi connectivity index (χ0n) is 27.2. The van der Waals surface area contributed by atoms with Gasteiger partial charge in [0.25, 0.3) is 0 Å². The van der Waals surface area contributed by atoms with E-state index in [0.29, 0.717) is 12.8 Å². The zero-order chi connectivity index (χ0) is 32.0. The molecule has 0 saturated carbocycles. The van der Waals surface area contributed by atoms with Crippen LogP contribution in [0, 0.1) is 0 Å². The molecule has 0 saturated heterocycles. The van der Waals surface area contributed by atoms with Gasteiger partial charge < -0.3 is 24.6 Å². The first-order chi connectivity index (χ1) is 20.6. The van der Waals surface area contributed by atoms with Crippen LogP contribution in [0.2, 0.25) is 0 Å². The minimum Gasteiger partial charge on any atom is -0.462 e. The van der Waals surface area contributed by atoms with E-state index in [1.165, 1.54) is 64.7 Å². The van der Waals surface area contributed by atoms with E-state index in [9.17, 15) is 18.9 Å². The monoisotopic (exact) mass is 635 g/mol. The van der Waals surface area contributed by atoms with Crippen LogP contribution in [0.15, 0.2) is 0 Å². The van der Waals surface area contributed by atoms with Gasteiger partial charge in [-0.2, -0.15) is 0 Å². The number of esters is 2. The van der Waals surface area contributed by atoms with Crippen molar-refractivity contribution >= 4 is 25.7 Å². The second-order valence-electron chi connectivity index (χ2n) is 11.6. The van der Waals surface area contributed by atoms with E-state index in [4.69, 9.17) is 19.3 Å². The van der Waals surface area contributed by atoms with Crippen molar-refractivity contribution in [2.75, 3.05) is 19.8 Å². The van der Waals surface area contributed by atoms with E-state index in [0.717, 1.165) is 70.8 Å². The van der Waals surface area contributed by atoms with Gasteiger partial charge >= 0.3 is 19.8 Å². The number of amides is 1. The fraction of sp³-hybridized carbons (Fsp3) is 0.906. The number of carbonyl (C=O) groups is 3. The van der Waals surface area contributed by atoms with Gasteiger partial charge in [-0.25, -0.2) is 4.57 Å². The third-order valence-corrected chi connectivity index (χ3v) is 7.81. The molecule has 43 heavy (non-hydrogen) atoms. The zero-order valence-corrected chi connectivity index (χ0v) is 28.1. The Morgan fingerprint density at radius 2 is 1.05 bits per heavy atom. The number of carbonyl (C=O) groups excluding carboxylic acids is 3. The highest BCUT2D eigenvalue weighted by Crippen LogP contribution is 2.36. The third kappa shape index (κ3) is 33.3. The molecular weight excluding hydrogens is 573 g/mol. The van der Waals surface area contributed by atoms with Crippen LogP contribution >= 0.6 is 7.82 Å². The van der Waals surface area contributed by atoms with Gasteiger partial charge in [-0.1, -0.05) is 122 Å². The summed E-state index contributed by atoms with van der Waals surface area (Å²) in [6, 6.07) is 0. The van der Waals surface area contributed by atoms with Crippen molar-refractivity contribution in [1.29, 1.82) is 0 Å². The second-order valence-corrected chi connectivity index (χ2v) is 12.9. The molecule has 0 bridgehead atoms.